The number of halogens is 4. The van der Waals surface area contributed by atoms with Crippen molar-refractivity contribution in [2.75, 3.05) is 18.0 Å². The van der Waals surface area contributed by atoms with Crippen LogP contribution in [0.3, 0.4) is 0 Å². The molecule has 31 heavy (non-hydrogen) atoms. The number of amides is 1. The molecule has 4 saturated carbocycles. The van der Waals surface area contributed by atoms with Gasteiger partial charge in [-0.25, -0.2) is 4.39 Å². The van der Waals surface area contributed by atoms with Gasteiger partial charge in [0.05, 0.1) is 17.1 Å². The van der Waals surface area contributed by atoms with Crippen LogP contribution in [0.1, 0.15) is 50.5 Å². The van der Waals surface area contributed by atoms with Crippen LogP contribution in [-0.4, -0.2) is 36.2 Å². The van der Waals surface area contributed by atoms with Gasteiger partial charge in [0.1, 0.15) is 5.82 Å². The molecule has 1 aromatic rings. The van der Waals surface area contributed by atoms with Crippen LogP contribution in [-0.2, 0) is 11.0 Å². The zero-order valence-corrected chi connectivity index (χ0v) is 17.3. The van der Waals surface area contributed by atoms with Gasteiger partial charge in [-0.3, -0.25) is 4.79 Å². The second kappa shape index (κ2) is 7.36. The molecule has 6 rings (SSSR count). The molecule has 4 bridgehead atoms. The van der Waals surface area contributed by atoms with Crippen molar-refractivity contribution in [3.8, 4) is 0 Å². The van der Waals surface area contributed by atoms with E-state index in [1.165, 1.54) is 0 Å². The maximum Gasteiger partial charge on any atom is 0.416 e. The minimum Gasteiger partial charge on any atom is -0.393 e. The van der Waals surface area contributed by atoms with Crippen LogP contribution >= 0.6 is 0 Å². The number of piperidine rings is 1. The molecule has 1 heterocycles. The number of hydrogen-bond donors (Lipinski definition) is 2. The normalized spacial score (nSPS) is 37.2. The predicted octanol–water partition coefficient (Wildman–Crippen LogP) is 4.12. The zero-order valence-electron chi connectivity index (χ0n) is 17.3. The lowest BCUT2D eigenvalue weighted by atomic mass is 9.48. The Balaban J connectivity index is 1.29. The van der Waals surface area contributed by atoms with Crippen molar-refractivity contribution in [3.63, 3.8) is 0 Å². The molecular weight excluding hydrogens is 412 g/mol. The molecule has 2 N–H and O–H groups in total. The third-order valence-corrected chi connectivity index (χ3v) is 8.04. The van der Waals surface area contributed by atoms with Crippen molar-refractivity contribution < 1.29 is 27.5 Å². The second-order valence-corrected chi connectivity index (χ2v) is 10.2. The van der Waals surface area contributed by atoms with Crippen LogP contribution < -0.4 is 10.2 Å². The summed E-state index contributed by atoms with van der Waals surface area (Å²) in [5.74, 6) is 0.0208. The molecule has 1 aliphatic heterocycles. The number of carbonyl (C=O) groups excluding carboxylic acids is 1. The molecule has 0 radical (unpaired) electrons. The van der Waals surface area contributed by atoms with E-state index in [0.29, 0.717) is 31.5 Å². The molecule has 1 aromatic carbocycles. The Labute approximate surface area is 179 Å². The van der Waals surface area contributed by atoms with Crippen molar-refractivity contribution in [2.24, 2.45) is 23.2 Å². The number of nitrogens with zero attached hydrogens (tertiary/aromatic N) is 1. The summed E-state index contributed by atoms with van der Waals surface area (Å²) in [6.45, 7) is 0.887. The number of benzene rings is 1. The Morgan fingerprint density at radius 2 is 1.84 bits per heavy atom. The largest absolute Gasteiger partial charge is 0.416 e. The maximum absolute atomic E-state index is 13.9. The van der Waals surface area contributed by atoms with Gasteiger partial charge in [0.15, 0.2) is 0 Å². The summed E-state index contributed by atoms with van der Waals surface area (Å²) in [6, 6.07) is 2.43. The Morgan fingerprint density at radius 1 is 1.13 bits per heavy atom. The molecule has 1 saturated heterocycles. The van der Waals surface area contributed by atoms with Crippen molar-refractivity contribution in [1.29, 1.82) is 0 Å². The van der Waals surface area contributed by atoms with E-state index in [-0.39, 0.29) is 35.6 Å². The van der Waals surface area contributed by atoms with Gasteiger partial charge in [-0.1, -0.05) is 0 Å². The molecule has 1 amide bonds. The number of carbonyl (C=O) groups is 1. The minimum absolute atomic E-state index is 0.0286. The number of alkyl halides is 3. The van der Waals surface area contributed by atoms with Crippen LogP contribution in [0.15, 0.2) is 18.2 Å². The van der Waals surface area contributed by atoms with E-state index in [4.69, 9.17) is 0 Å². The summed E-state index contributed by atoms with van der Waals surface area (Å²) < 4.78 is 53.1. The Bertz CT molecular complexity index is 858. The molecule has 3 atom stereocenters. The first kappa shape index (κ1) is 21.0. The summed E-state index contributed by atoms with van der Waals surface area (Å²) in [6.07, 6.45) is 0.886. The van der Waals surface area contributed by atoms with Gasteiger partial charge >= 0.3 is 6.18 Å². The van der Waals surface area contributed by atoms with Gasteiger partial charge in [-0.15, -0.1) is 0 Å². The highest BCUT2D eigenvalue weighted by atomic mass is 19.4. The number of aliphatic hydroxyl groups is 1. The Morgan fingerprint density at radius 3 is 2.52 bits per heavy atom. The summed E-state index contributed by atoms with van der Waals surface area (Å²) >= 11 is 0. The lowest BCUT2D eigenvalue weighted by molar-refractivity contribution is -0.163. The highest BCUT2D eigenvalue weighted by Gasteiger charge is 2.58. The fourth-order valence-corrected chi connectivity index (χ4v) is 6.86. The minimum atomic E-state index is -4.61. The quantitative estimate of drug-likeness (QED) is 0.696. The monoisotopic (exact) mass is 440 g/mol. The smallest absolute Gasteiger partial charge is 0.393 e. The molecule has 4 nitrogen and oxygen atoms in total. The molecule has 0 spiro atoms. The van der Waals surface area contributed by atoms with E-state index in [1.807, 2.05) is 0 Å². The summed E-state index contributed by atoms with van der Waals surface area (Å²) in [4.78, 5) is 15.1. The van der Waals surface area contributed by atoms with Crippen molar-refractivity contribution in [3.05, 3.63) is 29.6 Å². The fourth-order valence-electron chi connectivity index (χ4n) is 6.86. The van der Waals surface area contributed by atoms with E-state index in [9.17, 15) is 27.5 Å². The average Bonchev–Trinajstić information content (AvgIpc) is 2.70. The van der Waals surface area contributed by atoms with Crippen LogP contribution in [0.4, 0.5) is 23.2 Å². The maximum atomic E-state index is 13.9. The van der Waals surface area contributed by atoms with E-state index < -0.39 is 23.0 Å². The summed E-state index contributed by atoms with van der Waals surface area (Å²) in [5.41, 5.74) is -1.22. The number of nitrogens with one attached hydrogen (secondary N) is 1. The molecule has 5 aliphatic rings. The number of aliphatic hydroxyl groups excluding tert-OH is 1. The molecule has 170 valence electrons. The molecule has 0 aromatic heterocycles. The van der Waals surface area contributed by atoms with Crippen LogP contribution in [0, 0.1) is 29.0 Å². The standard InChI is InChI=1S/C23H28F4N2O2/c24-17-6-16(23(25,26)27)7-19(8-17)29-3-1-2-18(12-29)28-21(31)22-9-13-4-14(10-22)20(30)15(5-13)11-22/h6-8,13-15,18,20,30H,1-5,9-12H2,(H,28,31)/t13?,14?,15?,18-,20?,22?/m0/s1. The SMILES string of the molecule is O=C(N[C@H]1CCCN(c2cc(F)cc(C(F)(F)F)c2)C1)C12CC3CC(C1)C(O)C(C3)C2. The molecule has 8 heteroatoms. The zero-order chi connectivity index (χ0) is 22.0. The van der Waals surface area contributed by atoms with Gasteiger partial charge in [0.2, 0.25) is 5.91 Å². The number of hydrogen-bond acceptors (Lipinski definition) is 3. The highest BCUT2D eigenvalue weighted by Crippen LogP contribution is 2.60. The average molecular weight is 440 g/mol. The number of rotatable bonds is 3. The predicted molar refractivity (Wildman–Crippen MR) is 107 cm³/mol. The van der Waals surface area contributed by atoms with Crippen LogP contribution in [0.2, 0.25) is 0 Å². The molecular formula is C23H28F4N2O2. The van der Waals surface area contributed by atoms with E-state index in [2.05, 4.69) is 5.32 Å². The second-order valence-electron chi connectivity index (χ2n) is 10.2. The third kappa shape index (κ3) is 3.81. The topological polar surface area (TPSA) is 52.6 Å². The fraction of sp³-hybridized carbons (Fsp3) is 0.696. The first-order valence-electron chi connectivity index (χ1n) is 11.2. The van der Waals surface area contributed by atoms with E-state index >= 15 is 0 Å². The first-order chi connectivity index (χ1) is 14.6. The van der Waals surface area contributed by atoms with Crippen LogP contribution in [0.5, 0.6) is 0 Å². The van der Waals surface area contributed by atoms with Crippen molar-refractivity contribution >= 4 is 11.6 Å². The van der Waals surface area contributed by atoms with Gasteiger partial charge in [-0.2, -0.15) is 13.2 Å². The third-order valence-electron chi connectivity index (χ3n) is 8.04. The van der Waals surface area contributed by atoms with Gasteiger partial charge in [0.25, 0.3) is 0 Å². The first-order valence-corrected chi connectivity index (χ1v) is 11.2. The van der Waals surface area contributed by atoms with Gasteiger partial charge < -0.3 is 15.3 Å². The van der Waals surface area contributed by atoms with Crippen molar-refractivity contribution in [1.82, 2.24) is 5.32 Å². The lowest BCUT2D eigenvalue weighted by Crippen LogP contribution is -2.60. The lowest BCUT2D eigenvalue weighted by Gasteiger charge is -2.58. The van der Waals surface area contributed by atoms with Gasteiger partial charge in [-0.05, 0) is 80.9 Å². The van der Waals surface area contributed by atoms with Crippen molar-refractivity contribution in [2.45, 2.75) is 63.3 Å². The van der Waals surface area contributed by atoms with E-state index in [1.54, 1.807) is 4.90 Å². The Hall–Kier alpha value is -1.83. The Kier molecular flexibility index (Phi) is 4.99. The van der Waals surface area contributed by atoms with Crippen LogP contribution in [0.25, 0.3) is 0 Å². The number of anilines is 1. The summed E-state index contributed by atoms with van der Waals surface area (Å²) in [7, 11) is 0. The molecule has 5 fully saturated rings. The van der Waals surface area contributed by atoms with Gasteiger partial charge in [0, 0.05) is 24.8 Å². The molecule has 4 aliphatic carbocycles. The molecule has 2 unspecified atom stereocenters. The summed E-state index contributed by atoms with van der Waals surface area (Å²) in [5, 5.41) is 13.6. The van der Waals surface area contributed by atoms with E-state index in [0.717, 1.165) is 50.7 Å². The highest BCUT2D eigenvalue weighted by molar-refractivity contribution is 5.83.